The van der Waals surface area contributed by atoms with Gasteiger partial charge in [0.2, 0.25) is 5.91 Å². The average Bonchev–Trinajstić information content (AvgIpc) is 3.09. The van der Waals surface area contributed by atoms with Crippen LogP contribution in [0, 0.1) is 17.8 Å². The molecule has 266 valence electrons. The van der Waals surface area contributed by atoms with Crippen molar-refractivity contribution in [1.82, 2.24) is 21.1 Å². The predicted octanol–water partition coefficient (Wildman–Crippen LogP) is 5.87. The fraction of sp³-hybridized carbons (Fsp3) is 0.757. The molecule has 3 rings (SSSR count). The monoisotopic (exact) mass is 658 g/mol. The molecule has 1 aliphatic heterocycles. The third kappa shape index (κ3) is 13.0. The molecular formula is C37H62N4O6. The number of carbonyl (C=O) groups is 3. The highest BCUT2D eigenvalue weighted by atomic mass is 16.7. The van der Waals surface area contributed by atoms with Crippen LogP contribution < -0.4 is 16.2 Å². The molecule has 10 heteroatoms. The quantitative estimate of drug-likeness (QED) is 0.115. The number of aliphatic hydroxyl groups excluding tert-OH is 1. The molecule has 47 heavy (non-hydrogen) atoms. The Morgan fingerprint density at radius 3 is 2.34 bits per heavy atom. The van der Waals surface area contributed by atoms with Crippen molar-refractivity contribution in [2.75, 3.05) is 27.0 Å². The average molecular weight is 659 g/mol. The highest BCUT2D eigenvalue weighted by Gasteiger charge is 2.41. The summed E-state index contributed by atoms with van der Waals surface area (Å²) in [5, 5.41) is 14.0. The number of likely N-dealkylation sites (tertiary alicyclic amines) is 1. The second-order valence-electron chi connectivity index (χ2n) is 14.1. The maximum atomic E-state index is 14.1. The summed E-state index contributed by atoms with van der Waals surface area (Å²) in [6, 6.07) is 9.63. The van der Waals surface area contributed by atoms with Crippen molar-refractivity contribution >= 4 is 17.8 Å². The van der Waals surface area contributed by atoms with Gasteiger partial charge in [0.15, 0.2) is 0 Å². The molecule has 0 aromatic heterocycles. The first-order valence-electron chi connectivity index (χ1n) is 18.2. The van der Waals surface area contributed by atoms with Crippen LogP contribution in [-0.2, 0) is 25.5 Å². The summed E-state index contributed by atoms with van der Waals surface area (Å²) >= 11 is 0. The summed E-state index contributed by atoms with van der Waals surface area (Å²) in [5.74, 6) is -0.553. The number of hydrazine groups is 1. The Hall–Kier alpha value is -2.69. The molecule has 1 saturated carbocycles. The van der Waals surface area contributed by atoms with E-state index in [1.54, 1.807) is 12.0 Å². The minimum Gasteiger partial charge on any atom is -0.393 e. The van der Waals surface area contributed by atoms with Crippen LogP contribution in [0.5, 0.6) is 0 Å². The Morgan fingerprint density at radius 1 is 1.00 bits per heavy atom. The van der Waals surface area contributed by atoms with Gasteiger partial charge in [-0.1, -0.05) is 96.0 Å². The molecule has 0 radical (unpaired) electrons. The van der Waals surface area contributed by atoms with Gasteiger partial charge in [0.25, 0.3) is 5.91 Å². The largest absolute Gasteiger partial charge is 0.393 e. The Kier molecular flexibility index (Phi) is 17.0. The number of hydrogen-bond acceptors (Lipinski definition) is 6. The number of aryl methyl sites for hydroxylation is 1. The predicted molar refractivity (Wildman–Crippen MR) is 184 cm³/mol. The molecule has 3 atom stereocenters. The topological polar surface area (TPSA) is 129 Å². The van der Waals surface area contributed by atoms with E-state index >= 15 is 0 Å². The first-order valence-corrected chi connectivity index (χ1v) is 18.2. The Bertz CT molecular complexity index is 1060. The van der Waals surface area contributed by atoms with Gasteiger partial charge in [0, 0.05) is 26.1 Å². The molecule has 1 aromatic rings. The molecule has 2 aliphatic rings. The number of methoxy groups -OCH3 is 1. The molecule has 0 spiro atoms. The van der Waals surface area contributed by atoms with E-state index in [9.17, 15) is 19.5 Å². The number of rotatable bonds is 18. The Labute approximate surface area is 283 Å². The maximum absolute atomic E-state index is 14.1. The van der Waals surface area contributed by atoms with E-state index in [4.69, 9.17) is 9.47 Å². The minimum atomic E-state index is -1.23. The van der Waals surface area contributed by atoms with Crippen LogP contribution in [0.1, 0.15) is 116 Å². The number of unbranched alkanes of at least 4 members (excludes halogenated alkanes) is 1. The number of amides is 4. The van der Waals surface area contributed by atoms with E-state index in [-0.39, 0.29) is 30.8 Å². The highest BCUT2D eigenvalue weighted by Crippen LogP contribution is 2.29. The molecule has 1 aromatic carbocycles. The van der Waals surface area contributed by atoms with Crippen LogP contribution in [0.4, 0.5) is 4.79 Å². The van der Waals surface area contributed by atoms with E-state index in [0.29, 0.717) is 64.0 Å². The van der Waals surface area contributed by atoms with Crippen molar-refractivity contribution in [2.24, 2.45) is 17.8 Å². The standard InChI is InChI=1S/C37H62N4O6/c1-5-6-22-37(23-19-30-15-11-8-12-16-30,38-36(45)41-24-20-32(21-25-41)47-27-46-4)35(44)40-39-34(43)33(28(2)3)26-31(42)18-17-29-13-9-7-10-14-29/h8,11-12,15-16,28-29,31-33,42H,5-7,9-10,13-14,17-27H2,1-4H3,(H,38,45)(H,39,43)(H,40,44)/t31-,33-,37+/m0/s1. The number of urea groups is 1. The summed E-state index contributed by atoms with van der Waals surface area (Å²) in [7, 11) is 1.59. The normalized spacial score (nSPS) is 18.7. The van der Waals surface area contributed by atoms with Gasteiger partial charge >= 0.3 is 6.03 Å². The first kappa shape index (κ1) is 38.8. The Morgan fingerprint density at radius 2 is 1.70 bits per heavy atom. The molecule has 0 unspecified atom stereocenters. The molecule has 1 aliphatic carbocycles. The van der Waals surface area contributed by atoms with Gasteiger partial charge in [-0.15, -0.1) is 0 Å². The highest BCUT2D eigenvalue weighted by molar-refractivity contribution is 5.92. The van der Waals surface area contributed by atoms with Crippen LogP contribution in [0.15, 0.2) is 30.3 Å². The zero-order valence-corrected chi connectivity index (χ0v) is 29.4. The second-order valence-corrected chi connectivity index (χ2v) is 14.1. The third-order valence-corrected chi connectivity index (χ3v) is 10.2. The van der Waals surface area contributed by atoms with Gasteiger partial charge in [0.05, 0.1) is 12.2 Å². The lowest BCUT2D eigenvalue weighted by Gasteiger charge is -2.38. The number of carbonyl (C=O) groups excluding carboxylic acids is 3. The van der Waals surface area contributed by atoms with Gasteiger partial charge in [-0.3, -0.25) is 20.4 Å². The van der Waals surface area contributed by atoms with Gasteiger partial charge < -0.3 is 24.8 Å². The zero-order valence-electron chi connectivity index (χ0n) is 29.4. The van der Waals surface area contributed by atoms with E-state index < -0.39 is 23.5 Å². The van der Waals surface area contributed by atoms with E-state index in [1.807, 2.05) is 44.2 Å². The number of aliphatic hydroxyl groups is 1. The molecule has 1 heterocycles. The van der Waals surface area contributed by atoms with Crippen LogP contribution in [-0.4, -0.2) is 72.6 Å². The number of benzene rings is 1. The van der Waals surface area contributed by atoms with Gasteiger partial charge in [-0.05, 0) is 68.8 Å². The summed E-state index contributed by atoms with van der Waals surface area (Å²) in [5.41, 5.74) is 5.24. The van der Waals surface area contributed by atoms with E-state index in [2.05, 4.69) is 23.1 Å². The fourth-order valence-electron chi connectivity index (χ4n) is 7.02. The van der Waals surface area contributed by atoms with Crippen LogP contribution in [0.3, 0.4) is 0 Å². The summed E-state index contributed by atoms with van der Waals surface area (Å²) in [6.07, 6.45) is 12.1. The molecule has 4 amide bonds. The number of hydrogen-bond donors (Lipinski definition) is 4. The molecule has 10 nitrogen and oxygen atoms in total. The molecule has 0 bridgehead atoms. The summed E-state index contributed by atoms with van der Waals surface area (Å²) in [4.78, 5) is 43.0. The van der Waals surface area contributed by atoms with Crippen molar-refractivity contribution in [3.63, 3.8) is 0 Å². The van der Waals surface area contributed by atoms with Crippen molar-refractivity contribution in [2.45, 2.75) is 135 Å². The molecular weight excluding hydrogens is 596 g/mol. The second kappa shape index (κ2) is 20.6. The number of nitrogens with zero attached hydrogens (tertiary/aromatic N) is 1. The van der Waals surface area contributed by atoms with Gasteiger partial charge in [-0.2, -0.15) is 0 Å². The summed E-state index contributed by atoms with van der Waals surface area (Å²) < 4.78 is 10.7. The lowest BCUT2D eigenvalue weighted by Crippen LogP contribution is -2.64. The van der Waals surface area contributed by atoms with Crippen LogP contribution in [0.2, 0.25) is 0 Å². The van der Waals surface area contributed by atoms with E-state index in [0.717, 1.165) is 24.8 Å². The van der Waals surface area contributed by atoms with Crippen molar-refractivity contribution in [3.05, 3.63) is 35.9 Å². The fourth-order valence-corrected chi connectivity index (χ4v) is 7.02. The Balaban J connectivity index is 1.68. The van der Waals surface area contributed by atoms with Crippen molar-refractivity contribution in [1.29, 1.82) is 0 Å². The SMILES string of the molecule is CCCC[C@](CCc1ccccc1)(NC(=O)N1CCC(OCOC)CC1)C(=O)NNC(=O)[C@@H](C[C@@H](O)CCC1CCCCC1)C(C)C. The zero-order chi connectivity index (χ0) is 34.1. The molecule has 4 N–H and O–H groups in total. The smallest absolute Gasteiger partial charge is 0.318 e. The number of nitrogens with one attached hydrogen (secondary N) is 3. The van der Waals surface area contributed by atoms with E-state index in [1.165, 1.54) is 32.1 Å². The van der Waals surface area contributed by atoms with Gasteiger partial charge in [0.1, 0.15) is 12.3 Å². The lowest BCUT2D eigenvalue weighted by molar-refractivity contribution is -0.136. The van der Waals surface area contributed by atoms with Crippen molar-refractivity contribution in [3.8, 4) is 0 Å². The minimum absolute atomic E-state index is 0.0188. The van der Waals surface area contributed by atoms with Gasteiger partial charge in [-0.25, -0.2) is 4.79 Å². The number of ether oxygens (including phenoxy) is 2. The lowest BCUT2D eigenvalue weighted by atomic mass is 9.83. The first-order chi connectivity index (χ1) is 22.7. The van der Waals surface area contributed by atoms with Crippen LogP contribution in [0.25, 0.3) is 0 Å². The molecule has 1 saturated heterocycles. The van der Waals surface area contributed by atoms with Crippen LogP contribution >= 0.6 is 0 Å². The summed E-state index contributed by atoms with van der Waals surface area (Å²) in [6.45, 7) is 7.24. The van der Waals surface area contributed by atoms with Crippen molar-refractivity contribution < 1.29 is 29.0 Å². The maximum Gasteiger partial charge on any atom is 0.318 e. The number of piperidine rings is 1. The third-order valence-electron chi connectivity index (χ3n) is 10.2. The molecule has 2 fully saturated rings.